The molecule has 0 saturated heterocycles. The standard InChI is InChI=1S/C13H11F2N3O3S/c1-6(18-13(20)21)17-12(19)10-11(22-5-16-10)7-2-8(14)4-9(15)3-7/h2-6,18H,1H3,(H,17,19)(H,20,21). The first kappa shape index (κ1) is 15.8. The quantitative estimate of drug-likeness (QED) is 0.752. The first-order valence-corrected chi connectivity index (χ1v) is 6.95. The highest BCUT2D eigenvalue weighted by Crippen LogP contribution is 2.29. The zero-order chi connectivity index (χ0) is 16.3. The van der Waals surface area contributed by atoms with Crippen LogP contribution in [-0.2, 0) is 0 Å². The molecular weight excluding hydrogens is 316 g/mol. The second-order valence-electron chi connectivity index (χ2n) is 4.33. The van der Waals surface area contributed by atoms with Crippen LogP contribution in [-0.4, -0.2) is 28.3 Å². The topological polar surface area (TPSA) is 91.3 Å². The summed E-state index contributed by atoms with van der Waals surface area (Å²) in [5.74, 6) is -2.19. The minimum Gasteiger partial charge on any atom is -0.465 e. The maximum Gasteiger partial charge on any atom is 0.406 e. The number of nitrogens with one attached hydrogen (secondary N) is 2. The van der Waals surface area contributed by atoms with E-state index < -0.39 is 29.8 Å². The Hall–Kier alpha value is -2.55. The predicted molar refractivity (Wildman–Crippen MR) is 75.6 cm³/mol. The smallest absolute Gasteiger partial charge is 0.406 e. The SMILES string of the molecule is CC(NC(=O)O)NC(=O)c1ncsc1-c1cc(F)cc(F)c1. The molecule has 116 valence electrons. The number of hydrogen-bond donors (Lipinski definition) is 3. The van der Waals surface area contributed by atoms with E-state index in [2.05, 4.69) is 15.6 Å². The molecule has 0 spiro atoms. The van der Waals surface area contributed by atoms with Gasteiger partial charge in [-0.1, -0.05) is 0 Å². The van der Waals surface area contributed by atoms with Crippen LogP contribution >= 0.6 is 11.3 Å². The van der Waals surface area contributed by atoms with Crippen molar-refractivity contribution >= 4 is 23.3 Å². The molecule has 1 atom stereocenters. The molecule has 1 aromatic carbocycles. The molecule has 2 amide bonds. The van der Waals surface area contributed by atoms with Crippen LogP contribution in [0.15, 0.2) is 23.7 Å². The molecule has 6 nitrogen and oxygen atoms in total. The fourth-order valence-corrected chi connectivity index (χ4v) is 2.56. The van der Waals surface area contributed by atoms with Gasteiger partial charge in [-0.15, -0.1) is 11.3 Å². The van der Waals surface area contributed by atoms with E-state index in [0.717, 1.165) is 29.5 Å². The molecule has 3 N–H and O–H groups in total. The summed E-state index contributed by atoms with van der Waals surface area (Å²) in [5.41, 5.74) is 1.51. The highest BCUT2D eigenvalue weighted by Gasteiger charge is 2.19. The Kier molecular flexibility index (Phi) is 4.66. The molecule has 0 aliphatic heterocycles. The maximum atomic E-state index is 13.3. The van der Waals surface area contributed by atoms with Gasteiger partial charge < -0.3 is 15.7 Å². The molecule has 1 unspecified atom stereocenters. The van der Waals surface area contributed by atoms with Crippen LogP contribution in [0.1, 0.15) is 17.4 Å². The number of nitrogens with zero attached hydrogens (tertiary/aromatic N) is 1. The molecule has 1 aromatic heterocycles. The van der Waals surface area contributed by atoms with Crippen molar-refractivity contribution in [2.75, 3.05) is 0 Å². The fraction of sp³-hybridized carbons (Fsp3) is 0.154. The maximum absolute atomic E-state index is 13.3. The van der Waals surface area contributed by atoms with Crippen LogP contribution in [0.2, 0.25) is 0 Å². The summed E-state index contributed by atoms with van der Waals surface area (Å²) >= 11 is 1.05. The number of carboxylic acid groups (broad SMARTS) is 1. The van der Waals surface area contributed by atoms with Gasteiger partial charge in [0.05, 0.1) is 10.4 Å². The number of hydrogen-bond acceptors (Lipinski definition) is 4. The number of halogens is 2. The number of carbonyl (C=O) groups is 2. The van der Waals surface area contributed by atoms with Gasteiger partial charge in [0.25, 0.3) is 5.91 Å². The van der Waals surface area contributed by atoms with Gasteiger partial charge in [-0.2, -0.15) is 0 Å². The van der Waals surface area contributed by atoms with E-state index >= 15 is 0 Å². The minimum absolute atomic E-state index is 0.0333. The zero-order valence-corrected chi connectivity index (χ0v) is 12.1. The van der Waals surface area contributed by atoms with Crippen molar-refractivity contribution in [3.05, 3.63) is 41.0 Å². The van der Waals surface area contributed by atoms with E-state index in [4.69, 9.17) is 5.11 Å². The first-order valence-electron chi connectivity index (χ1n) is 6.07. The average molecular weight is 327 g/mol. The molecule has 0 aliphatic carbocycles. The first-order chi connectivity index (χ1) is 10.4. The van der Waals surface area contributed by atoms with Crippen molar-refractivity contribution in [2.24, 2.45) is 0 Å². The lowest BCUT2D eigenvalue weighted by atomic mass is 10.1. The van der Waals surface area contributed by atoms with Crippen LogP contribution in [0.4, 0.5) is 13.6 Å². The lowest BCUT2D eigenvalue weighted by Crippen LogP contribution is -2.45. The minimum atomic E-state index is -1.29. The molecule has 0 saturated carbocycles. The van der Waals surface area contributed by atoms with E-state index in [1.165, 1.54) is 12.4 Å². The van der Waals surface area contributed by atoms with Gasteiger partial charge in [-0.05, 0) is 24.6 Å². The van der Waals surface area contributed by atoms with Gasteiger partial charge in [-0.3, -0.25) is 4.79 Å². The summed E-state index contributed by atoms with van der Waals surface area (Å²) in [6, 6.07) is 2.90. The van der Waals surface area contributed by atoms with E-state index in [-0.39, 0.29) is 11.3 Å². The monoisotopic (exact) mass is 327 g/mol. The fourth-order valence-electron chi connectivity index (χ4n) is 1.78. The van der Waals surface area contributed by atoms with E-state index in [0.29, 0.717) is 4.88 Å². The molecule has 0 radical (unpaired) electrons. The van der Waals surface area contributed by atoms with Gasteiger partial charge in [0.2, 0.25) is 0 Å². The van der Waals surface area contributed by atoms with Gasteiger partial charge in [-0.25, -0.2) is 18.6 Å². The molecule has 0 bridgehead atoms. The summed E-state index contributed by atoms with van der Waals surface area (Å²) in [6.07, 6.45) is -2.14. The van der Waals surface area contributed by atoms with Crippen molar-refractivity contribution in [2.45, 2.75) is 13.1 Å². The third-order valence-electron chi connectivity index (χ3n) is 2.59. The summed E-state index contributed by atoms with van der Waals surface area (Å²) < 4.78 is 26.5. The van der Waals surface area contributed by atoms with Crippen molar-refractivity contribution in [1.29, 1.82) is 0 Å². The third-order valence-corrected chi connectivity index (χ3v) is 3.47. The Morgan fingerprint density at radius 3 is 2.45 bits per heavy atom. The zero-order valence-electron chi connectivity index (χ0n) is 11.3. The van der Waals surface area contributed by atoms with Crippen LogP contribution < -0.4 is 10.6 Å². The molecule has 0 aliphatic rings. The second-order valence-corrected chi connectivity index (χ2v) is 5.19. The molecule has 9 heteroatoms. The van der Waals surface area contributed by atoms with Crippen LogP contribution in [0, 0.1) is 11.6 Å². The normalized spacial score (nSPS) is 11.8. The Balaban J connectivity index is 2.25. The lowest BCUT2D eigenvalue weighted by molar-refractivity contribution is 0.0929. The predicted octanol–water partition coefficient (Wildman–Crippen LogP) is 2.43. The summed E-state index contributed by atoms with van der Waals surface area (Å²) in [6.45, 7) is 1.43. The Morgan fingerprint density at radius 2 is 1.86 bits per heavy atom. The average Bonchev–Trinajstić information content (AvgIpc) is 2.85. The van der Waals surface area contributed by atoms with Gasteiger partial charge in [0, 0.05) is 6.07 Å². The van der Waals surface area contributed by atoms with E-state index in [1.807, 2.05) is 0 Å². The van der Waals surface area contributed by atoms with Gasteiger partial charge >= 0.3 is 6.09 Å². The number of amides is 2. The van der Waals surface area contributed by atoms with Crippen LogP contribution in [0.3, 0.4) is 0 Å². The van der Waals surface area contributed by atoms with Gasteiger partial charge in [0.1, 0.15) is 23.5 Å². The summed E-state index contributed by atoms with van der Waals surface area (Å²) in [7, 11) is 0. The molecule has 2 rings (SSSR count). The Bertz CT molecular complexity index is 700. The van der Waals surface area contributed by atoms with E-state index in [1.54, 1.807) is 0 Å². The van der Waals surface area contributed by atoms with E-state index in [9.17, 15) is 18.4 Å². The Morgan fingerprint density at radius 1 is 1.23 bits per heavy atom. The molecule has 2 aromatic rings. The summed E-state index contributed by atoms with van der Waals surface area (Å²) in [5, 5.41) is 13.0. The van der Waals surface area contributed by atoms with Crippen molar-refractivity contribution in [1.82, 2.24) is 15.6 Å². The largest absolute Gasteiger partial charge is 0.465 e. The number of benzene rings is 1. The van der Waals surface area contributed by atoms with Crippen LogP contribution in [0.25, 0.3) is 10.4 Å². The van der Waals surface area contributed by atoms with Crippen molar-refractivity contribution < 1.29 is 23.5 Å². The van der Waals surface area contributed by atoms with Crippen molar-refractivity contribution in [3.63, 3.8) is 0 Å². The number of aromatic nitrogens is 1. The molecule has 0 fully saturated rings. The number of rotatable bonds is 4. The lowest BCUT2D eigenvalue weighted by Gasteiger charge is -2.13. The number of thiazole rings is 1. The highest BCUT2D eigenvalue weighted by atomic mass is 32.1. The molecule has 1 heterocycles. The van der Waals surface area contributed by atoms with Crippen molar-refractivity contribution in [3.8, 4) is 10.4 Å². The molecular formula is C13H11F2N3O3S. The number of carbonyl (C=O) groups excluding carboxylic acids is 1. The third kappa shape index (κ3) is 3.76. The summed E-state index contributed by atoms with van der Waals surface area (Å²) in [4.78, 5) is 26.7. The second kappa shape index (κ2) is 6.48. The molecule has 22 heavy (non-hydrogen) atoms. The van der Waals surface area contributed by atoms with Crippen LogP contribution in [0.5, 0.6) is 0 Å². The van der Waals surface area contributed by atoms with Gasteiger partial charge in [0.15, 0.2) is 0 Å². The Labute approximate surface area is 127 Å². The highest BCUT2D eigenvalue weighted by molar-refractivity contribution is 7.13.